The third-order valence-electron chi connectivity index (χ3n) is 3.70. The summed E-state index contributed by atoms with van der Waals surface area (Å²) in [6.45, 7) is 1.65. The fourth-order valence-corrected chi connectivity index (χ4v) is 2.36. The lowest BCUT2D eigenvalue weighted by molar-refractivity contribution is -0.122. The molecule has 0 heterocycles. The first-order valence-corrected chi connectivity index (χ1v) is 7.51. The second-order valence-corrected chi connectivity index (χ2v) is 5.25. The van der Waals surface area contributed by atoms with E-state index < -0.39 is 0 Å². The lowest BCUT2D eigenvalue weighted by Gasteiger charge is -2.21. The third kappa shape index (κ3) is 4.33. The van der Waals surface area contributed by atoms with Crippen LogP contribution in [0.1, 0.15) is 11.5 Å². The quantitative estimate of drug-likeness (QED) is 0.821. The van der Waals surface area contributed by atoms with Crippen molar-refractivity contribution in [3.05, 3.63) is 66.2 Å². The predicted molar refractivity (Wildman–Crippen MR) is 91.0 cm³/mol. The number of carbonyl (C=O) groups excluding carboxylic acids is 1. The lowest BCUT2D eigenvalue weighted by atomic mass is 9.98. The number of likely N-dealkylation sites (N-methyl/N-ethyl adjacent to an activating group) is 1. The topological polar surface area (TPSA) is 58.4 Å². The van der Waals surface area contributed by atoms with Crippen LogP contribution in [-0.2, 0) is 4.79 Å². The van der Waals surface area contributed by atoms with E-state index in [9.17, 15) is 4.79 Å². The Morgan fingerprint density at radius 3 is 2.27 bits per heavy atom. The number of nitrogens with two attached hydrogens (primary N) is 1. The van der Waals surface area contributed by atoms with E-state index in [1.165, 1.54) is 0 Å². The number of hydrogen-bond donors (Lipinski definition) is 2. The second kappa shape index (κ2) is 8.20. The number of nitrogens with one attached hydrogen (secondary N) is 1. The van der Waals surface area contributed by atoms with Crippen molar-refractivity contribution < 1.29 is 4.79 Å². The van der Waals surface area contributed by atoms with Crippen LogP contribution in [0.5, 0.6) is 0 Å². The third-order valence-corrected chi connectivity index (χ3v) is 3.70. The first kappa shape index (κ1) is 16.0. The average molecular weight is 297 g/mol. The van der Waals surface area contributed by atoms with Crippen molar-refractivity contribution in [3.8, 4) is 0 Å². The minimum atomic E-state index is -0.289. The van der Waals surface area contributed by atoms with Gasteiger partial charge in [0.15, 0.2) is 0 Å². The van der Waals surface area contributed by atoms with Gasteiger partial charge < -0.3 is 16.0 Å². The van der Waals surface area contributed by atoms with Gasteiger partial charge in [-0.15, -0.1) is 0 Å². The summed E-state index contributed by atoms with van der Waals surface area (Å²) < 4.78 is 0. The molecule has 0 aliphatic heterocycles. The van der Waals surface area contributed by atoms with E-state index in [4.69, 9.17) is 5.73 Å². The number of nitrogens with zero attached hydrogens (tertiary/aromatic N) is 1. The highest BCUT2D eigenvalue weighted by molar-refractivity contribution is 5.83. The molecule has 2 aromatic rings. The Morgan fingerprint density at radius 2 is 1.68 bits per heavy atom. The molecule has 4 heteroatoms. The molecule has 0 fully saturated rings. The van der Waals surface area contributed by atoms with E-state index in [2.05, 4.69) is 22.3 Å². The summed E-state index contributed by atoms with van der Waals surface area (Å²) in [7, 11) is 2.01. The molecule has 0 spiro atoms. The molecule has 116 valence electrons. The standard InChI is InChI=1S/C18H23N3O/c1-21(16-10-6-3-7-11-16)13-12-20-18(22)17(14-19)15-8-4-2-5-9-15/h2-11,17H,12-14,19H2,1H3,(H,20,22). The molecule has 3 N–H and O–H groups in total. The van der Waals surface area contributed by atoms with Crippen LogP contribution < -0.4 is 16.0 Å². The molecule has 1 atom stereocenters. The van der Waals surface area contributed by atoms with Gasteiger partial charge in [-0.2, -0.15) is 0 Å². The molecule has 1 amide bonds. The van der Waals surface area contributed by atoms with Gasteiger partial charge in [0.1, 0.15) is 0 Å². The number of para-hydroxylation sites is 1. The first-order chi connectivity index (χ1) is 10.7. The van der Waals surface area contributed by atoms with Crippen LogP contribution in [0.4, 0.5) is 5.69 Å². The van der Waals surface area contributed by atoms with Crippen molar-refractivity contribution >= 4 is 11.6 Å². The van der Waals surface area contributed by atoms with Crippen molar-refractivity contribution in [3.63, 3.8) is 0 Å². The molecule has 0 aliphatic rings. The zero-order chi connectivity index (χ0) is 15.8. The number of benzene rings is 2. The number of amides is 1. The van der Waals surface area contributed by atoms with Gasteiger partial charge in [0.05, 0.1) is 5.92 Å². The second-order valence-electron chi connectivity index (χ2n) is 5.25. The smallest absolute Gasteiger partial charge is 0.228 e. The van der Waals surface area contributed by atoms with E-state index in [1.807, 2.05) is 55.6 Å². The highest BCUT2D eigenvalue weighted by Crippen LogP contribution is 2.14. The Hall–Kier alpha value is -2.33. The van der Waals surface area contributed by atoms with Crippen molar-refractivity contribution in [1.29, 1.82) is 0 Å². The molecule has 0 saturated heterocycles. The SMILES string of the molecule is CN(CCNC(=O)C(CN)c1ccccc1)c1ccccc1. The fourth-order valence-electron chi connectivity index (χ4n) is 2.36. The molecule has 1 unspecified atom stereocenters. The van der Waals surface area contributed by atoms with E-state index in [1.54, 1.807) is 0 Å². The minimum absolute atomic E-state index is 0.0184. The number of anilines is 1. The number of carbonyl (C=O) groups is 1. The van der Waals surface area contributed by atoms with Gasteiger partial charge >= 0.3 is 0 Å². The number of hydrogen-bond acceptors (Lipinski definition) is 3. The number of rotatable bonds is 7. The molecule has 22 heavy (non-hydrogen) atoms. The molecule has 0 aromatic heterocycles. The monoisotopic (exact) mass is 297 g/mol. The molecule has 2 aromatic carbocycles. The summed E-state index contributed by atoms with van der Waals surface area (Å²) in [5.74, 6) is -0.307. The summed E-state index contributed by atoms with van der Waals surface area (Å²) in [6, 6.07) is 19.8. The maximum atomic E-state index is 12.3. The highest BCUT2D eigenvalue weighted by Gasteiger charge is 2.18. The summed E-state index contributed by atoms with van der Waals surface area (Å²) in [5, 5.41) is 2.97. The van der Waals surface area contributed by atoms with Crippen LogP contribution in [-0.4, -0.2) is 32.6 Å². The molecule has 0 saturated carbocycles. The van der Waals surface area contributed by atoms with Gasteiger partial charge in [0.25, 0.3) is 0 Å². The first-order valence-electron chi connectivity index (χ1n) is 7.51. The summed E-state index contributed by atoms with van der Waals surface area (Å²) >= 11 is 0. The Morgan fingerprint density at radius 1 is 1.09 bits per heavy atom. The largest absolute Gasteiger partial charge is 0.373 e. The van der Waals surface area contributed by atoms with Gasteiger partial charge in [0, 0.05) is 32.4 Å². The van der Waals surface area contributed by atoms with Crippen molar-refractivity contribution in [1.82, 2.24) is 5.32 Å². The normalized spacial score (nSPS) is 11.7. The van der Waals surface area contributed by atoms with E-state index >= 15 is 0 Å². The Bertz CT molecular complexity index is 571. The van der Waals surface area contributed by atoms with Crippen LogP contribution in [0, 0.1) is 0 Å². The van der Waals surface area contributed by atoms with Crippen LogP contribution in [0.2, 0.25) is 0 Å². The summed E-state index contributed by atoms with van der Waals surface area (Å²) in [4.78, 5) is 14.4. The fraction of sp³-hybridized carbons (Fsp3) is 0.278. The van der Waals surface area contributed by atoms with Gasteiger partial charge in [-0.3, -0.25) is 4.79 Å². The van der Waals surface area contributed by atoms with Gasteiger partial charge in [-0.05, 0) is 17.7 Å². The Kier molecular flexibility index (Phi) is 5.98. The molecular formula is C18H23N3O. The molecule has 4 nitrogen and oxygen atoms in total. The van der Waals surface area contributed by atoms with Gasteiger partial charge in [-0.1, -0.05) is 48.5 Å². The van der Waals surface area contributed by atoms with E-state index in [0.717, 1.165) is 17.8 Å². The van der Waals surface area contributed by atoms with Crippen LogP contribution >= 0.6 is 0 Å². The Labute approximate surface area is 131 Å². The average Bonchev–Trinajstić information content (AvgIpc) is 2.57. The van der Waals surface area contributed by atoms with Crippen LogP contribution in [0.25, 0.3) is 0 Å². The molecule has 2 rings (SSSR count). The van der Waals surface area contributed by atoms with Crippen molar-refractivity contribution in [2.75, 3.05) is 31.6 Å². The minimum Gasteiger partial charge on any atom is -0.373 e. The summed E-state index contributed by atoms with van der Waals surface area (Å²) in [5.41, 5.74) is 7.85. The highest BCUT2D eigenvalue weighted by atomic mass is 16.1. The van der Waals surface area contributed by atoms with E-state index in [-0.39, 0.29) is 11.8 Å². The molecule has 0 aliphatic carbocycles. The maximum absolute atomic E-state index is 12.3. The summed E-state index contributed by atoms with van der Waals surface area (Å²) in [6.07, 6.45) is 0. The zero-order valence-electron chi connectivity index (χ0n) is 12.9. The van der Waals surface area contributed by atoms with Gasteiger partial charge in [0.2, 0.25) is 5.91 Å². The van der Waals surface area contributed by atoms with Crippen molar-refractivity contribution in [2.24, 2.45) is 5.73 Å². The van der Waals surface area contributed by atoms with Crippen LogP contribution in [0.15, 0.2) is 60.7 Å². The van der Waals surface area contributed by atoms with Crippen LogP contribution in [0.3, 0.4) is 0 Å². The zero-order valence-corrected chi connectivity index (χ0v) is 12.9. The van der Waals surface area contributed by atoms with E-state index in [0.29, 0.717) is 13.1 Å². The maximum Gasteiger partial charge on any atom is 0.228 e. The molecule has 0 radical (unpaired) electrons. The predicted octanol–water partition coefficient (Wildman–Crippen LogP) is 1.98. The molecular weight excluding hydrogens is 274 g/mol. The van der Waals surface area contributed by atoms with Crippen molar-refractivity contribution in [2.45, 2.75) is 5.92 Å². The van der Waals surface area contributed by atoms with Gasteiger partial charge in [-0.25, -0.2) is 0 Å². The lowest BCUT2D eigenvalue weighted by Crippen LogP contribution is -2.38. The Balaban J connectivity index is 1.84. The molecule has 0 bridgehead atoms.